The van der Waals surface area contributed by atoms with E-state index in [1.807, 2.05) is 20.2 Å². The van der Waals surface area contributed by atoms with E-state index in [0.29, 0.717) is 49.4 Å². The van der Waals surface area contributed by atoms with Crippen molar-refractivity contribution in [2.75, 3.05) is 33.8 Å². The molecule has 0 atom stereocenters. The van der Waals surface area contributed by atoms with Crippen LogP contribution in [0.2, 0.25) is 0 Å². The van der Waals surface area contributed by atoms with Crippen molar-refractivity contribution in [1.82, 2.24) is 20.4 Å². The van der Waals surface area contributed by atoms with Gasteiger partial charge in [-0.2, -0.15) is 5.10 Å². The SMILES string of the molecule is CNCCN(C)Cc1c[nH]nc1C1=CCC(OCCCC(C)=O)=CC(C(C)(F)F)=C1. The van der Waals surface area contributed by atoms with Crippen LogP contribution in [0, 0.1) is 0 Å². The number of ether oxygens (including phenoxy) is 1. The van der Waals surface area contributed by atoms with Gasteiger partial charge >= 0.3 is 0 Å². The van der Waals surface area contributed by atoms with Crippen molar-refractivity contribution < 1.29 is 18.3 Å². The summed E-state index contributed by atoms with van der Waals surface area (Å²) in [6.45, 7) is 5.08. The van der Waals surface area contributed by atoms with E-state index in [2.05, 4.69) is 20.4 Å². The molecule has 8 heteroatoms. The number of H-pyrrole nitrogens is 1. The molecule has 0 amide bonds. The third-order valence-electron chi connectivity index (χ3n) is 4.79. The van der Waals surface area contributed by atoms with Crippen LogP contribution in [-0.2, 0) is 16.1 Å². The van der Waals surface area contributed by atoms with Crippen molar-refractivity contribution in [3.8, 4) is 0 Å². The Morgan fingerprint density at radius 1 is 1.40 bits per heavy atom. The highest BCUT2D eigenvalue weighted by Gasteiger charge is 2.28. The van der Waals surface area contributed by atoms with Crippen LogP contribution in [0.25, 0.3) is 5.57 Å². The van der Waals surface area contributed by atoms with Crippen molar-refractivity contribution in [2.24, 2.45) is 0 Å². The Kier molecular flexibility index (Phi) is 8.92. The predicted octanol–water partition coefficient (Wildman–Crippen LogP) is 3.70. The lowest BCUT2D eigenvalue weighted by Crippen LogP contribution is -2.27. The van der Waals surface area contributed by atoms with Crippen LogP contribution >= 0.6 is 0 Å². The summed E-state index contributed by atoms with van der Waals surface area (Å²) in [7, 11) is 3.91. The smallest absolute Gasteiger partial charge is 0.270 e. The lowest BCUT2D eigenvalue weighted by Gasteiger charge is -2.16. The first-order chi connectivity index (χ1) is 14.2. The van der Waals surface area contributed by atoms with Gasteiger partial charge in [-0.15, -0.1) is 0 Å². The van der Waals surface area contributed by atoms with Crippen LogP contribution in [0.3, 0.4) is 0 Å². The lowest BCUT2D eigenvalue weighted by atomic mass is 10.0. The van der Waals surface area contributed by atoms with Crippen LogP contribution in [0.1, 0.15) is 44.4 Å². The van der Waals surface area contributed by atoms with Crippen LogP contribution in [0.4, 0.5) is 8.78 Å². The summed E-state index contributed by atoms with van der Waals surface area (Å²) in [5.74, 6) is -2.47. The van der Waals surface area contributed by atoms with E-state index in [-0.39, 0.29) is 11.4 Å². The monoisotopic (exact) mass is 422 g/mol. The van der Waals surface area contributed by atoms with E-state index in [1.54, 1.807) is 6.20 Å². The Balaban J connectivity index is 2.20. The highest BCUT2D eigenvalue weighted by molar-refractivity contribution is 5.76. The minimum absolute atomic E-state index is 0.0852. The molecule has 0 fully saturated rings. The fourth-order valence-corrected chi connectivity index (χ4v) is 3.11. The standard InChI is InChI=1S/C22H32F2N4O2/c1-16(29)6-5-11-30-20-8-7-17(12-19(13-20)22(2,23)24)21-18(14-26-27-21)15-28(4)10-9-25-3/h7,12-14,25H,5-6,8-11,15H2,1-4H3,(H,26,27). The highest BCUT2D eigenvalue weighted by atomic mass is 19.3. The van der Waals surface area contributed by atoms with Gasteiger partial charge < -0.3 is 19.7 Å². The molecule has 1 aromatic rings. The number of rotatable bonds is 12. The summed E-state index contributed by atoms with van der Waals surface area (Å²) < 4.78 is 34.2. The van der Waals surface area contributed by atoms with Gasteiger partial charge in [0.15, 0.2) is 0 Å². The van der Waals surface area contributed by atoms with Gasteiger partial charge in [0.2, 0.25) is 0 Å². The van der Waals surface area contributed by atoms with Crippen molar-refractivity contribution in [1.29, 1.82) is 0 Å². The zero-order valence-electron chi connectivity index (χ0n) is 18.2. The molecule has 30 heavy (non-hydrogen) atoms. The average molecular weight is 423 g/mol. The largest absolute Gasteiger partial charge is 0.498 e. The third kappa shape index (κ3) is 7.50. The number of allylic oxidation sites excluding steroid dienone is 5. The van der Waals surface area contributed by atoms with Crippen molar-refractivity contribution in [3.63, 3.8) is 0 Å². The molecule has 1 aliphatic rings. The van der Waals surface area contributed by atoms with Gasteiger partial charge in [0.1, 0.15) is 11.5 Å². The second-order valence-corrected chi connectivity index (χ2v) is 7.72. The van der Waals surface area contributed by atoms with Crippen molar-refractivity contribution in [3.05, 3.63) is 47.0 Å². The Morgan fingerprint density at radius 3 is 2.83 bits per heavy atom. The number of carbonyl (C=O) groups is 1. The van der Waals surface area contributed by atoms with Crippen LogP contribution in [0.15, 0.2) is 35.8 Å². The molecule has 0 spiro atoms. The normalized spacial score (nSPS) is 14.8. The van der Waals surface area contributed by atoms with Gasteiger partial charge in [0.05, 0.1) is 12.3 Å². The number of ketones is 1. The van der Waals surface area contributed by atoms with Crippen molar-refractivity contribution >= 4 is 11.4 Å². The van der Waals surface area contributed by atoms with E-state index in [0.717, 1.165) is 25.6 Å². The van der Waals surface area contributed by atoms with Crippen LogP contribution < -0.4 is 5.32 Å². The zero-order valence-corrected chi connectivity index (χ0v) is 18.2. The quantitative estimate of drug-likeness (QED) is 0.503. The number of likely N-dealkylation sites (N-methyl/N-ethyl adjacent to an activating group) is 2. The molecular weight excluding hydrogens is 390 g/mol. The number of alkyl halides is 2. The first-order valence-corrected chi connectivity index (χ1v) is 10.2. The van der Waals surface area contributed by atoms with E-state index < -0.39 is 5.92 Å². The van der Waals surface area contributed by atoms with Gasteiger partial charge in [-0.3, -0.25) is 5.10 Å². The van der Waals surface area contributed by atoms with E-state index in [4.69, 9.17) is 4.74 Å². The van der Waals surface area contributed by atoms with Crippen molar-refractivity contribution in [2.45, 2.75) is 45.6 Å². The van der Waals surface area contributed by atoms with E-state index >= 15 is 0 Å². The van der Waals surface area contributed by atoms with E-state index in [9.17, 15) is 13.6 Å². The Hall–Kier alpha value is -2.32. The molecule has 0 saturated heterocycles. The number of hydrogen-bond donors (Lipinski definition) is 2. The molecule has 2 N–H and O–H groups in total. The first-order valence-electron chi connectivity index (χ1n) is 10.2. The molecular formula is C22H32F2N4O2. The minimum Gasteiger partial charge on any atom is -0.498 e. The molecule has 1 aliphatic carbocycles. The fourth-order valence-electron chi connectivity index (χ4n) is 3.11. The summed E-state index contributed by atoms with van der Waals surface area (Å²) in [6.07, 6.45) is 7.92. The molecule has 0 saturated carbocycles. The number of nitrogens with one attached hydrogen (secondary N) is 2. The molecule has 0 aliphatic heterocycles. The maximum Gasteiger partial charge on any atom is 0.270 e. The lowest BCUT2D eigenvalue weighted by molar-refractivity contribution is -0.117. The number of aromatic amines is 1. The molecule has 0 radical (unpaired) electrons. The van der Waals surface area contributed by atoms with Gasteiger partial charge in [0.25, 0.3) is 5.92 Å². The van der Waals surface area contributed by atoms with Gasteiger partial charge in [-0.05, 0) is 45.2 Å². The summed E-state index contributed by atoms with van der Waals surface area (Å²) in [5, 5.41) is 10.3. The second-order valence-electron chi connectivity index (χ2n) is 7.72. The maximum absolute atomic E-state index is 14.2. The zero-order chi connectivity index (χ0) is 22.1. The fraction of sp³-hybridized carbons (Fsp3) is 0.545. The Labute approximate surface area is 177 Å². The first kappa shape index (κ1) is 24.0. The molecule has 1 aromatic heterocycles. The summed E-state index contributed by atoms with van der Waals surface area (Å²) >= 11 is 0. The molecule has 1 heterocycles. The number of aromatic nitrogens is 2. The molecule has 6 nitrogen and oxygen atoms in total. The topological polar surface area (TPSA) is 70.2 Å². The summed E-state index contributed by atoms with van der Waals surface area (Å²) in [4.78, 5) is 13.2. The number of carbonyl (C=O) groups excluding carboxylic acids is 1. The summed E-state index contributed by atoms with van der Waals surface area (Å²) in [5.41, 5.74) is 2.13. The van der Waals surface area contributed by atoms with Gasteiger partial charge in [-0.25, -0.2) is 8.78 Å². The Bertz CT molecular complexity index is 806. The number of Topliss-reactive ketones (excluding diaryl/α,β-unsaturated/α-hetero) is 1. The molecule has 166 valence electrons. The van der Waals surface area contributed by atoms with E-state index in [1.165, 1.54) is 19.1 Å². The molecule has 2 rings (SSSR count). The maximum atomic E-state index is 14.2. The average Bonchev–Trinajstić information content (AvgIpc) is 3.00. The molecule has 0 aromatic carbocycles. The molecule has 0 unspecified atom stereocenters. The Morgan fingerprint density at radius 2 is 2.17 bits per heavy atom. The second kappa shape index (κ2) is 11.2. The van der Waals surface area contributed by atoms with Crippen LogP contribution in [0.5, 0.6) is 0 Å². The van der Waals surface area contributed by atoms with Gasteiger partial charge in [0, 0.05) is 56.7 Å². The highest BCUT2D eigenvalue weighted by Crippen LogP contribution is 2.33. The van der Waals surface area contributed by atoms with Crippen LogP contribution in [-0.4, -0.2) is 60.6 Å². The summed E-state index contributed by atoms with van der Waals surface area (Å²) in [6, 6.07) is 0. The minimum atomic E-state index is -3.02. The number of nitrogens with zero attached hydrogens (tertiary/aromatic N) is 2. The number of halogens is 2. The third-order valence-corrected chi connectivity index (χ3v) is 4.79. The molecule has 0 bridgehead atoms. The predicted molar refractivity (Wildman–Crippen MR) is 114 cm³/mol. The van der Waals surface area contributed by atoms with Gasteiger partial charge in [-0.1, -0.05) is 6.08 Å². The number of hydrogen-bond acceptors (Lipinski definition) is 5.